The first-order valence-corrected chi connectivity index (χ1v) is 6.71. The Balaban J connectivity index is 1.89. The van der Waals surface area contributed by atoms with E-state index in [1.165, 1.54) is 25.8 Å². The van der Waals surface area contributed by atoms with Gasteiger partial charge in [0.15, 0.2) is 0 Å². The van der Waals surface area contributed by atoms with E-state index in [0.717, 1.165) is 25.5 Å². The van der Waals surface area contributed by atoms with Crippen molar-refractivity contribution in [1.29, 1.82) is 0 Å². The minimum Gasteiger partial charge on any atom is -0.337 e. The Morgan fingerprint density at radius 1 is 1.59 bits per heavy atom. The molecule has 1 saturated heterocycles. The van der Waals surface area contributed by atoms with Crippen LogP contribution >= 0.6 is 0 Å². The van der Waals surface area contributed by atoms with E-state index in [0.29, 0.717) is 6.04 Å². The van der Waals surface area contributed by atoms with Crippen molar-refractivity contribution in [3.8, 4) is 0 Å². The van der Waals surface area contributed by atoms with Gasteiger partial charge in [0, 0.05) is 32.0 Å². The smallest absolute Gasteiger partial charge is 0.122 e. The molecule has 0 amide bonds. The molecule has 0 saturated carbocycles. The molecule has 1 aliphatic rings. The molecule has 0 aliphatic carbocycles. The number of nitrogens with zero attached hydrogens (tertiary/aromatic N) is 3. The Bertz CT molecular complexity index is 328. The van der Waals surface area contributed by atoms with Crippen molar-refractivity contribution in [2.24, 2.45) is 7.05 Å². The molecule has 4 nitrogen and oxygen atoms in total. The van der Waals surface area contributed by atoms with Crippen LogP contribution < -0.4 is 5.32 Å². The third kappa shape index (κ3) is 3.54. The third-order valence-electron chi connectivity index (χ3n) is 3.47. The van der Waals surface area contributed by atoms with Crippen LogP contribution in [0.2, 0.25) is 0 Å². The standard InChI is InChI=1S/C13H24N4/c1-3-8-17(10-12-5-4-6-14-12)11-13-15-7-9-16(13)2/h7,9,12,14H,3-6,8,10-11H2,1-2H3. The maximum atomic E-state index is 4.41. The van der Waals surface area contributed by atoms with Gasteiger partial charge >= 0.3 is 0 Å². The number of hydrogen-bond donors (Lipinski definition) is 1. The van der Waals surface area contributed by atoms with Gasteiger partial charge in [-0.1, -0.05) is 6.92 Å². The zero-order valence-corrected chi connectivity index (χ0v) is 11.0. The monoisotopic (exact) mass is 236 g/mol. The number of imidazole rings is 1. The fourth-order valence-electron chi connectivity index (χ4n) is 2.52. The summed E-state index contributed by atoms with van der Waals surface area (Å²) in [5, 5.41) is 3.57. The van der Waals surface area contributed by atoms with E-state index in [4.69, 9.17) is 0 Å². The minimum absolute atomic E-state index is 0.682. The van der Waals surface area contributed by atoms with E-state index in [2.05, 4.69) is 33.7 Å². The second kappa shape index (κ2) is 6.17. The van der Waals surface area contributed by atoms with E-state index in [1.807, 2.05) is 12.4 Å². The average molecular weight is 236 g/mol. The van der Waals surface area contributed by atoms with Crippen LogP contribution in [0.15, 0.2) is 12.4 Å². The summed E-state index contributed by atoms with van der Waals surface area (Å²) in [6.07, 6.45) is 7.76. The Kier molecular flexibility index (Phi) is 4.57. The summed E-state index contributed by atoms with van der Waals surface area (Å²) < 4.78 is 2.12. The van der Waals surface area contributed by atoms with Gasteiger partial charge in [0.2, 0.25) is 0 Å². The van der Waals surface area contributed by atoms with Crippen molar-refractivity contribution in [2.75, 3.05) is 19.6 Å². The second-order valence-electron chi connectivity index (χ2n) is 4.98. The van der Waals surface area contributed by atoms with Crippen LogP contribution in [0.4, 0.5) is 0 Å². The molecular weight excluding hydrogens is 212 g/mol. The molecule has 1 N–H and O–H groups in total. The van der Waals surface area contributed by atoms with Gasteiger partial charge in [0.05, 0.1) is 6.54 Å². The molecule has 2 heterocycles. The lowest BCUT2D eigenvalue weighted by Gasteiger charge is -2.24. The summed E-state index contributed by atoms with van der Waals surface area (Å²) in [7, 11) is 2.07. The SMILES string of the molecule is CCCN(Cc1nccn1C)CC1CCCN1. The normalized spacial score (nSPS) is 20.3. The zero-order valence-electron chi connectivity index (χ0n) is 11.0. The Morgan fingerprint density at radius 2 is 2.47 bits per heavy atom. The van der Waals surface area contributed by atoms with E-state index in [9.17, 15) is 0 Å². The maximum Gasteiger partial charge on any atom is 0.122 e. The number of hydrogen-bond acceptors (Lipinski definition) is 3. The Hall–Kier alpha value is -0.870. The maximum absolute atomic E-state index is 4.41. The third-order valence-corrected chi connectivity index (χ3v) is 3.47. The highest BCUT2D eigenvalue weighted by atomic mass is 15.2. The van der Waals surface area contributed by atoms with Gasteiger partial charge in [0.1, 0.15) is 5.82 Å². The van der Waals surface area contributed by atoms with E-state index >= 15 is 0 Å². The first kappa shape index (κ1) is 12.6. The molecule has 1 atom stereocenters. The zero-order chi connectivity index (χ0) is 12.1. The Morgan fingerprint density at radius 3 is 3.06 bits per heavy atom. The van der Waals surface area contributed by atoms with Crippen molar-refractivity contribution < 1.29 is 0 Å². The van der Waals surface area contributed by atoms with E-state index < -0.39 is 0 Å². The number of nitrogens with one attached hydrogen (secondary N) is 1. The molecule has 96 valence electrons. The molecular formula is C13H24N4. The molecule has 1 aromatic heterocycles. The van der Waals surface area contributed by atoms with Crippen molar-refractivity contribution >= 4 is 0 Å². The minimum atomic E-state index is 0.682. The fourth-order valence-corrected chi connectivity index (χ4v) is 2.52. The van der Waals surface area contributed by atoms with Crippen molar-refractivity contribution in [1.82, 2.24) is 19.8 Å². The lowest BCUT2D eigenvalue weighted by atomic mass is 10.2. The van der Waals surface area contributed by atoms with Crippen LogP contribution in [0.1, 0.15) is 32.0 Å². The van der Waals surface area contributed by atoms with Crippen LogP contribution in [0.5, 0.6) is 0 Å². The van der Waals surface area contributed by atoms with Crippen molar-refractivity contribution in [3.63, 3.8) is 0 Å². The number of aromatic nitrogens is 2. The topological polar surface area (TPSA) is 33.1 Å². The molecule has 1 unspecified atom stereocenters. The molecule has 0 bridgehead atoms. The highest BCUT2D eigenvalue weighted by Gasteiger charge is 2.18. The van der Waals surface area contributed by atoms with E-state index in [-0.39, 0.29) is 0 Å². The van der Waals surface area contributed by atoms with Gasteiger partial charge in [0.25, 0.3) is 0 Å². The summed E-state index contributed by atoms with van der Waals surface area (Å²) in [5.41, 5.74) is 0. The Labute approximate surface area is 104 Å². The molecule has 2 rings (SSSR count). The quantitative estimate of drug-likeness (QED) is 0.810. The molecule has 4 heteroatoms. The van der Waals surface area contributed by atoms with Crippen LogP contribution in [0.3, 0.4) is 0 Å². The van der Waals surface area contributed by atoms with Crippen molar-refractivity contribution in [2.45, 2.75) is 38.8 Å². The number of aryl methyl sites for hydroxylation is 1. The fraction of sp³-hybridized carbons (Fsp3) is 0.769. The lowest BCUT2D eigenvalue weighted by molar-refractivity contribution is 0.234. The van der Waals surface area contributed by atoms with Gasteiger partial charge in [-0.05, 0) is 32.4 Å². The van der Waals surface area contributed by atoms with Gasteiger partial charge < -0.3 is 9.88 Å². The molecule has 1 fully saturated rings. The van der Waals surface area contributed by atoms with Crippen LogP contribution in [-0.2, 0) is 13.6 Å². The van der Waals surface area contributed by atoms with Crippen LogP contribution in [-0.4, -0.2) is 40.1 Å². The molecule has 1 aliphatic heterocycles. The lowest BCUT2D eigenvalue weighted by Crippen LogP contribution is -2.38. The summed E-state index contributed by atoms with van der Waals surface area (Å²) in [5.74, 6) is 1.16. The van der Waals surface area contributed by atoms with Gasteiger partial charge in [-0.15, -0.1) is 0 Å². The number of rotatable bonds is 6. The van der Waals surface area contributed by atoms with Crippen LogP contribution in [0, 0.1) is 0 Å². The van der Waals surface area contributed by atoms with Crippen LogP contribution in [0.25, 0.3) is 0 Å². The summed E-state index contributed by atoms with van der Waals surface area (Å²) in [4.78, 5) is 6.93. The largest absolute Gasteiger partial charge is 0.337 e. The predicted molar refractivity (Wildman–Crippen MR) is 69.8 cm³/mol. The summed E-state index contributed by atoms with van der Waals surface area (Å²) >= 11 is 0. The highest BCUT2D eigenvalue weighted by molar-refractivity contribution is 4.91. The first-order valence-electron chi connectivity index (χ1n) is 6.71. The molecule has 0 spiro atoms. The average Bonchev–Trinajstić information content (AvgIpc) is 2.92. The summed E-state index contributed by atoms with van der Waals surface area (Å²) in [6, 6.07) is 0.682. The highest BCUT2D eigenvalue weighted by Crippen LogP contribution is 2.09. The van der Waals surface area contributed by atoms with Gasteiger partial charge in [-0.2, -0.15) is 0 Å². The second-order valence-corrected chi connectivity index (χ2v) is 4.98. The first-order chi connectivity index (χ1) is 8.29. The van der Waals surface area contributed by atoms with Gasteiger partial charge in [-0.3, -0.25) is 4.90 Å². The van der Waals surface area contributed by atoms with Crippen molar-refractivity contribution in [3.05, 3.63) is 18.2 Å². The molecule has 1 aromatic rings. The molecule has 17 heavy (non-hydrogen) atoms. The predicted octanol–water partition coefficient (Wildman–Crippen LogP) is 1.38. The molecule has 0 radical (unpaired) electrons. The van der Waals surface area contributed by atoms with Gasteiger partial charge in [-0.25, -0.2) is 4.98 Å². The molecule has 0 aromatic carbocycles. The summed E-state index contributed by atoms with van der Waals surface area (Å²) in [6.45, 7) is 6.71. The van der Waals surface area contributed by atoms with E-state index in [1.54, 1.807) is 0 Å².